The molecule has 1 aromatic heterocycles. The normalized spacial score (nSPS) is 10.3. The van der Waals surface area contributed by atoms with Gasteiger partial charge in [-0.3, -0.25) is 4.68 Å². The molecule has 90 valence electrons. The van der Waals surface area contributed by atoms with Crippen molar-refractivity contribution in [2.24, 2.45) is 7.05 Å². The number of nitrogens with zero attached hydrogens (tertiary/aromatic N) is 2. The van der Waals surface area contributed by atoms with E-state index in [1.807, 2.05) is 45.2 Å². The van der Waals surface area contributed by atoms with Crippen LogP contribution in [-0.2, 0) is 11.8 Å². The first-order chi connectivity index (χ1) is 8.18. The van der Waals surface area contributed by atoms with Gasteiger partial charge in [0.15, 0.2) is 0 Å². The lowest BCUT2D eigenvalue weighted by atomic mass is 10.2. The molecule has 0 aliphatic heterocycles. The first kappa shape index (κ1) is 13.0. The number of aryl methyl sites for hydroxylation is 1. The minimum atomic E-state index is -0.968. The molecule has 0 saturated heterocycles. The maximum atomic E-state index is 10.4. The van der Waals surface area contributed by atoms with Gasteiger partial charge >= 0.3 is 5.97 Å². The SMILES string of the molecule is CC.Cn1nc(/C=C/C(=O)O)c2ccccc21. The van der Waals surface area contributed by atoms with Crippen molar-refractivity contribution in [1.82, 2.24) is 9.78 Å². The maximum Gasteiger partial charge on any atom is 0.328 e. The number of carboxylic acids is 1. The number of para-hydroxylation sites is 1. The molecule has 0 saturated carbocycles. The smallest absolute Gasteiger partial charge is 0.328 e. The Labute approximate surface area is 100 Å². The Balaban J connectivity index is 0.000000686. The van der Waals surface area contributed by atoms with Crippen molar-refractivity contribution >= 4 is 22.9 Å². The minimum Gasteiger partial charge on any atom is -0.478 e. The van der Waals surface area contributed by atoms with E-state index in [4.69, 9.17) is 5.11 Å². The van der Waals surface area contributed by atoms with E-state index < -0.39 is 5.97 Å². The first-order valence-electron chi connectivity index (χ1n) is 5.51. The average Bonchev–Trinajstić information content (AvgIpc) is 2.67. The van der Waals surface area contributed by atoms with Crippen LogP contribution in [0.1, 0.15) is 19.5 Å². The third-order valence-corrected chi connectivity index (χ3v) is 2.17. The molecule has 17 heavy (non-hydrogen) atoms. The van der Waals surface area contributed by atoms with Crippen LogP contribution in [0.15, 0.2) is 30.3 Å². The minimum absolute atomic E-state index is 0.676. The summed E-state index contributed by atoms with van der Waals surface area (Å²) < 4.78 is 1.73. The van der Waals surface area contributed by atoms with Crippen molar-refractivity contribution in [3.05, 3.63) is 36.0 Å². The molecule has 1 aromatic carbocycles. The molecular formula is C13H16N2O2. The number of hydrogen-bond donors (Lipinski definition) is 1. The summed E-state index contributed by atoms with van der Waals surface area (Å²) in [7, 11) is 1.83. The second-order valence-electron chi connectivity index (χ2n) is 3.20. The van der Waals surface area contributed by atoms with Crippen LogP contribution in [0.3, 0.4) is 0 Å². The van der Waals surface area contributed by atoms with Gasteiger partial charge in [-0.05, 0) is 12.1 Å². The van der Waals surface area contributed by atoms with E-state index in [0.29, 0.717) is 5.69 Å². The third kappa shape index (κ3) is 2.93. The number of aliphatic carboxylic acids is 1. The highest BCUT2D eigenvalue weighted by Gasteiger charge is 2.04. The lowest BCUT2D eigenvalue weighted by molar-refractivity contribution is -0.131. The first-order valence-corrected chi connectivity index (χ1v) is 5.51. The van der Waals surface area contributed by atoms with Gasteiger partial charge in [-0.15, -0.1) is 0 Å². The number of aromatic nitrogens is 2. The lowest BCUT2D eigenvalue weighted by Gasteiger charge is -1.90. The van der Waals surface area contributed by atoms with Crippen molar-refractivity contribution in [3.63, 3.8) is 0 Å². The predicted octanol–water partition coefficient (Wildman–Crippen LogP) is 2.70. The molecule has 0 spiro atoms. The largest absolute Gasteiger partial charge is 0.478 e. The van der Waals surface area contributed by atoms with E-state index in [0.717, 1.165) is 17.0 Å². The second-order valence-corrected chi connectivity index (χ2v) is 3.20. The van der Waals surface area contributed by atoms with Crippen LogP contribution >= 0.6 is 0 Å². The molecule has 1 N–H and O–H groups in total. The number of carboxylic acid groups (broad SMARTS) is 1. The van der Waals surface area contributed by atoms with Crippen LogP contribution in [0.4, 0.5) is 0 Å². The van der Waals surface area contributed by atoms with Crippen LogP contribution in [0.2, 0.25) is 0 Å². The number of rotatable bonds is 2. The Morgan fingerprint density at radius 1 is 1.35 bits per heavy atom. The van der Waals surface area contributed by atoms with Crippen LogP contribution in [0.25, 0.3) is 17.0 Å². The molecule has 0 aliphatic carbocycles. The van der Waals surface area contributed by atoms with Crippen molar-refractivity contribution < 1.29 is 9.90 Å². The standard InChI is InChI=1S/C11H10N2O2.C2H6/c1-13-10-5-3-2-4-8(10)9(12-13)6-7-11(14)15;1-2/h2-7H,1H3,(H,14,15);1-2H3/b7-6+;. The van der Waals surface area contributed by atoms with Crippen molar-refractivity contribution in [1.29, 1.82) is 0 Å². The van der Waals surface area contributed by atoms with Gasteiger partial charge in [-0.25, -0.2) is 4.79 Å². The van der Waals surface area contributed by atoms with E-state index in [-0.39, 0.29) is 0 Å². The Morgan fingerprint density at radius 3 is 2.65 bits per heavy atom. The number of carbonyl (C=O) groups is 1. The van der Waals surface area contributed by atoms with Gasteiger partial charge in [-0.1, -0.05) is 32.0 Å². The molecule has 0 atom stereocenters. The van der Waals surface area contributed by atoms with E-state index in [9.17, 15) is 4.79 Å². The van der Waals surface area contributed by atoms with Crippen molar-refractivity contribution in [2.45, 2.75) is 13.8 Å². The van der Waals surface area contributed by atoms with Gasteiger partial charge in [0.05, 0.1) is 11.2 Å². The fourth-order valence-corrected chi connectivity index (χ4v) is 1.52. The molecule has 0 aliphatic rings. The van der Waals surface area contributed by atoms with Gasteiger partial charge in [0.25, 0.3) is 0 Å². The summed E-state index contributed by atoms with van der Waals surface area (Å²) in [6.45, 7) is 4.00. The quantitative estimate of drug-likeness (QED) is 0.810. The Bertz CT molecular complexity index is 541. The molecule has 0 radical (unpaired) electrons. The molecule has 4 heteroatoms. The zero-order valence-corrected chi connectivity index (χ0v) is 10.2. The predicted molar refractivity (Wildman–Crippen MR) is 68.7 cm³/mol. The van der Waals surface area contributed by atoms with Gasteiger partial charge < -0.3 is 5.11 Å². The summed E-state index contributed by atoms with van der Waals surface area (Å²) in [6.07, 6.45) is 2.60. The lowest BCUT2D eigenvalue weighted by Crippen LogP contribution is -1.89. The fourth-order valence-electron chi connectivity index (χ4n) is 1.52. The zero-order chi connectivity index (χ0) is 12.8. The Kier molecular flexibility index (Phi) is 4.46. The summed E-state index contributed by atoms with van der Waals surface area (Å²) in [5, 5.41) is 13.7. The van der Waals surface area contributed by atoms with E-state index in [1.165, 1.54) is 6.08 Å². The summed E-state index contributed by atoms with van der Waals surface area (Å²) in [6, 6.07) is 7.70. The Hall–Kier alpha value is -2.10. The molecule has 1 heterocycles. The van der Waals surface area contributed by atoms with Gasteiger partial charge in [0.1, 0.15) is 0 Å². The van der Waals surface area contributed by atoms with Gasteiger partial charge in [0, 0.05) is 18.5 Å². The van der Waals surface area contributed by atoms with Crippen LogP contribution in [0.5, 0.6) is 0 Å². The van der Waals surface area contributed by atoms with Gasteiger partial charge in [0.2, 0.25) is 0 Å². The van der Waals surface area contributed by atoms with Crippen LogP contribution < -0.4 is 0 Å². The maximum absolute atomic E-state index is 10.4. The average molecular weight is 232 g/mol. The summed E-state index contributed by atoms with van der Waals surface area (Å²) in [5.41, 5.74) is 1.66. The monoisotopic (exact) mass is 232 g/mol. The highest BCUT2D eigenvalue weighted by Crippen LogP contribution is 2.18. The van der Waals surface area contributed by atoms with Crippen LogP contribution in [0, 0.1) is 0 Å². The van der Waals surface area contributed by atoms with E-state index in [1.54, 1.807) is 4.68 Å². The van der Waals surface area contributed by atoms with Crippen molar-refractivity contribution in [2.75, 3.05) is 0 Å². The van der Waals surface area contributed by atoms with E-state index >= 15 is 0 Å². The molecule has 0 fully saturated rings. The third-order valence-electron chi connectivity index (χ3n) is 2.17. The number of fused-ring (bicyclic) bond motifs is 1. The molecule has 0 bridgehead atoms. The highest BCUT2D eigenvalue weighted by molar-refractivity contribution is 5.91. The van der Waals surface area contributed by atoms with E-state index in [2.05, 4.69) is 5.10 Å². The fraction of sp³-hybridized carbons (Fsp3) is 0.231. The van der Waals surface area contributed by atoms with Crippen molar-refractivity contribution in [3.8, 4) is 0 Å². The molecule has 2 aromatic rings. The summed E-state index contributed by atoms with van der Waals surface area (Å²) in [5.74, 6) is -0.968. The molecule has 0 unspecified atom stereocenters. The Morgan fingerprint density at radius 2 is 2.00 bits per heavy atom. The second kappa shape index (κ2) is 5.84. The molecule has 4 nitrogen and oxygen atoms in total. The highest BCUT2D eigenvalue weighted by atomic mass is 16.4. The molecular weight excluding hydrogens is 216 g/mol. The molecule has 2 rings (SSSR count). The van der Waals surface area contributed by atoms with Gasteiger partial charge in [-0.2, -0.15) is 5.10 Å². The van der Waals surface area contributed by atoms with Crippen LogP contribution in [-0.4, -0.2) is 20.9 Å². The zero-order valence-electron chi connectivity index (χ0n) is 10.2. The number of benzene rings is 1. The molecule has 0 amide bonds. The summed E-state index contributed by atoms with van der Waals surface area (Å²) >= 11 is 0. The topological polar surface area (TPSA) is 55.1 Å². The number of hydrogen-bond acceptors (Lipinski definition) is 2. The summed E-state index contributed by atoms with van der Waals surface area (Å²) in [4.78, 5) is 10.4.